The number of nitrogens with one attached hydrogen (secondary N) is 1. The summed E-state index contributed by atoms with van der Waals surface area (Å²) in [6.07, 6.45) is 0.752. The van der Waals surface area contributed by atoms with E-state index in [2.05, 4.69) is 5.32 Å². The second-order valence-electron chi connectivity index (χ2n) is 13.0. The highest BCUT2D eigenvalue weighted by Gasteiger charge is 2.55. The van der Waals surface area contributed by atoms with E-state index in [-0.39, 0.29) is 11.6 Å². The molecule has 3 aliphatic heterocycles. The van der Waals surface area contributed by atoms with E-state index in [9.17, 15) is 19.2 Å². The summed E-state index contributed by atoms with van der Waals surface area (Å²) >= 11 is 1.40. The van der Waals surface area contributed by atoms with Crippen LogP contribution in [-0.2, 0) is 30.4 Å². The minimum absolute atomic E-state index is 0.0689. The quantitative estimate of drug-likeness (QED) is 0.173. The fraction of sp³-hybridized carbons (Fsp3) is 0.316. The van der Waals surface area contributed by atoms with Crippen LogP contribution in [-0.4, -0.2) is 70.1 Å². The highest BCUT2D eigenvalue weighted by Crippen LogP contribution is 2.42. The zero-order valence-corrected chi connectivity index (χ0v) is 28.7. The predicted molar refractivity (Wildman–Crippen MR) is 185 cm³/mol. The van der Waals surface area contributed by atoms with Crippen LogP contribution in [0, 0.1) is 0 Å². The molecule has 11 heteroatoms. The molecule has 10 nitrogen and oxygen atoms in total. The molecule has 1 N–H and O–H groups in total. The Bertz CT molecular complexity index is 1760. The summed E-state index contributed by atoms with van der Waals surface area (Å²) in [5.74, 6) is -0.262. The van der Waals surface area contributed by atoms with E-state index in [0.29, 0.717) is 42.2 Å². The SMILES string of the molecule is COc1cccc(CN2CC/C(=C\C3=C(C(=O)OC(c4ccccc4)c4ccccc4)N4C(=O)[C@@H](NC(=O)OC(C)(C)C)[C@H]4SC3)C2=O)c1. The Hall–Kier alpha value is -5.03. The Kier molecular flexibility index (Phi) is 9.82. The van der Waals surface area contributed by atoms with Gasteiger partial charge in [0, 0.05) is 24.4 Å². The molecule has 0 saturated carbocycles. The maximum Gasteiger partial charge on any atom is 0.408 e. The van der Waals surface area contributed by atoms with Crippen molar-refractivity contribution < 1.29 is 33.4 Å². The largest absolute Gasteiger partial charge is 0.497 e. The molecule has 49 heavy (non-hydrogen) atoms. The number of β-lactam (4-membered cyclic amide) rings is 1. The van der Waals surface area contributed by atoms with Crippen LogP contribution in [0.4, 0.5) is 4.79 Å². The van der Waals surface area contributed by atoms with Crippen molar-refractivity contribution in [1.82, 2.24) is 15.1 Å². The van der Waals surface area contributed by atoms with E-state index in [0.717, 1.165) is 16.7 Å². The Morgan fingerprint density at radius 1 is 0.980 bits per heavy atom. The number of methoxy groups -OCH3 is 1. The number of thioether (sulfide) groups is 1. The van der Waals surface area contributed by atoms with Crippen LogP contribution in [0.25, 0.3) is 0 Å². The van der Waals surface area contributed by atoms with Crippen LogP contribution in [0.2, 0.25) is 0 Å². The summed E-state index contributed by atoms with van der Waals surface area (Å²) in [6, 6.07) is 25.5. The Balaban J connectivity index is 1.31. The molecular formula is C38H39N3O7S. The second kappa shape index (κ2) is 14.2. The molecule has 254 valence electrons. The van der Waals surface area contributed by atoms with Gasteiger partial charge in [-0.25, -0.2) is 9.59 Å². The van der Waals surface area contributed by atoms with Crippen molar-refractivity contribution in [2.24, 2.45) is 0 Å². The number of rotatable bonds is 9. The number of benzene rings is 3. The number of likely N-dealkylation sites (tertiary alicyclic amines) is 1. The summed E-state index contributed by atoms with van der Waals surface area (Å²) in [7, 11) is 1.60. The van der Waals surface area contributed by atoms with E-state index in [1.165, 1.54) is 16.7 Å². The first kappa shape index (κ1) is 33.9. The molecule has 0 spiro atoms. The molecule has 2 fully saturated rings. The van der Waals surface area contributed by atoms with Crippen molar-refractivity contribution in [2.45, 2.75) is 56.9 Å². The number of hydrogen-bond donors (Lipinski definition) is 1. The zero-order valence-electron chi connectivity index (χ0n) is 27.9. The molecule has 6 rings (SSSR count). The van der Waals surface area contributed by atoms with Crippen LogP contribution < -0.4 is 10.1 Å². The Morgan fingerprint density at radius 3 is 2.29 bits per heavy atom. The molecule has 2 saturated heterocycles. The number of allylic oxidation sites excluding steroid dienone is 1. The van der Waals surface area contributed by atoms with Gasteiger partial charge in [0.15, 0.2) is 6.10 Å². The van der Waals surface area contributed by atoms with Crippen molar-refractivity contribution >= 4 is 35.6 Å². The van der Waals surface area contributed by atoms with Crippen LogP contribution in [0.15, 0.2) is 108 Å². The van der Waals surface area contributed by atoms with Gasteiger partial charge in [-0.15, -0.1) is 11.8 Å². The van der Waals surface area contributed by atoms with Crippen molar-refractivity contribution in [1.29, 1.82) is 0 Å². The van der Waals surface area contributed by atoms with Crippen LogP contribution >= 0.6 is 11.8 Å². The van der Waals surface area contributed by atoms with Gasteiger partial charge in [0.1, 0.15) is 28.5 Å². The lowest BCUT2D eigenvalue weighted by Gasteiger charge is -2.49. The first-order chi connectivity index (χ1) is 23.5. The molecule has 0 unspecified atom stereocenters. The van der Waals surface area contributed by atoms with E-state index < -0.39 is 41.1 Å². The first-order valence-electron chi connectivity index (χ1n) is 16.1. The van der Waals surface area contributed by atoms with E-state index >= 15 is 0 Å². The van der Waals surface area contributed by atoms with E-state index in [4.69, 9.17) is 14.2 Å². The standard InChI is InChI=1S/C38H39N3O7S/c1-38(2,3)48-37(45)39-30-34(43)41-31(36(44)47-32(25-13-7-5-8-14-25)26-15-9-6-10-16-26)28(23-49-35(30)41)21-27-18-19-40(33(27)42)22-24-12-11-17-29(20-24)46-4/h5-17,20-21,30,32,35H,18-19,22-23H2,1-4H3,(H,39,45)/b27-21+/t30-,35-/m1/s1. The highest BCUT2D eigenvalue weighted by molar-refractivity contribution is 8.00. The van der Waals surface area contributed by atoms with Crippen LogP contribution in [0.5, 0.6) is 5.75 Å². The average Bonchev–Trinajstić information content (AvgIpc) is 3.43. The topological polar surface area (TPSA) is 114 Å². The fourth-order valence-corrected chi connectivity index (χ4v) is 7.38. The number of hydrogen-bond acceptors (Lipinski definition) is 8. The first-order valence-corrected chi connectivity index (χ1v) is 17.2. The number of alkyl carbamates (subject to hydrolysis) is 1. The van der Waals surface area contributed by atoms with Crippen molar-refractivity contribution in [3.63, 3.8) is 0 Å². The third-order valence-electron chi connectivity index (χ3n) is 8.36. The van der Waals surface area contributed by atoms with Gasteiger partial charge in [0.05, 0.1) is 7.11 Å². The molecule has 2 atom stereocenters. The highest BCUT2D eigenvalue weighted by atomic mass is 32.2. The molecular weight excluding hydrogens is 642 g/mol. The van der Waals surface area contributed by atoms with Gasteiger partial charge in [-0.2, -0.15) is 0 Å². The summed E-state index contributed by atoms with van der Waals surface area (Å²) < 4.78 is 17.0. The van der Waals surface area contributed by atoms with Crippen molar-refractivity contribution in [2.75, 3.05) is 19.4 Å². The third kappa shape index (κ3) is 7.51. The molecule has 3 amide bonds. The molecule has 3 aliphatic rings. The molecule has 3 aromatic rings. The number of nitrogens with zero attached hydrogens (tertiary/aromatic N) is 2. The summed E-state index contributed by atoms with van der Waals surface area (Å²) in [6.45, 7) is 6.15. The van der Waals surface area contributed by atoms with Gasteiger partial charge in [-0.05, 0) is 67.7 Å². The molecule has 0 bridgehead atoms. The van der Waals surface area contributed by atoms with Gasteiger partial charge in [0.2, 0.25) is 5.91 Å². The van der Waals surface area contributed by atoms with E-state index in [1.54, 1.807) is 38.9 Å². The fourth-order valence-electron chi connectivity index (χ4n) is 6.08. The monoisotopic (exact) mass is 681 g/mol. The van der Waals surface area contributed by atoms with Gasteiger partial charge in [-0.3, -0.25) is 14.5 Å². The molecule has 3 heterocycles. The number of carbonyl (C=O) groups excluding carboxylic acids is 4. The zero-order chi connectivity index (χ0) is 34.7. The normalized spacial score (nSPS) is 19.9. The summed E-state index contributed by atoms with van der Waals surface area (Å²) in [4.78, 5) is 57.4. The smallest absolute Gasteiger partial charge is 0.408 e. The lowest BCUT2D eigenvalue weighted by Crippen LogP contribution is -2.70. The lowest BCUT2D eigenvalue weighted by atomic mass is 10.00. The lowest BCUT2D eigenvalue weighted by molar-refractivity contribution is -0.153. The second-order valence-corrected chi connectivity index (χ2v) is 14.1. The minimum Gasteiger partial charge on any atom is -0.497 e. The third-order valence-corrected chi connectivity index (χ3v) is 9.66. The molecule has 0 aliphatic carbocycles. The maximum absolute atomic E-state index is 14.3. The number of fused-ring (bicyclic) bond motifs is 1. The van der Waals surface area contributed by atoms with Crippen LogP contribution in [0.1, 0.15) is 50.0 Å². The average molecular weight is 682 g/mol. The Morgan fingerprint density at radius 2 is 1.65 bits per heavy atom. The predicted octanol–water partition coefficient (Wildman–Crippen LogP) is 5.75. The summed E-state index contributed by atoms with van der Waals surface area (Å²) in [5, 5.41) is 2.12. The molecule has 3 aromatic carbocycles. The molecule has 0 aromatic heterocycles. The Labute approximate surface area is 290 Å². The number of ether oxygens (including phenoxy) is 3. The molecule has 0 radical (unpaired) electrons. The van der Waals surface area contributed by atoms with Gasteiger partial charge < -0.3 is 24.4 Å². The number of esters is 1. The summed E-state index contributed by atoms with van der Waals surface area (Å²) in [5.41, 5.74) is 2.85. The van der Waals surface area contributed by atoms with Crippen molar-refractivity contribution in [3.05, 3.63) is 125 Å². The van der Waals surface area contributed by atoms with Crippen LogP contribution in [0.3, 0.4) is 0 Å². The minimum atomic E-state index is -0.887. The van der Waals surface area contributed by atoms with Gasteiger partial charge in [0.25, 0.3) is 5.91 Å². The van der Waals surface area contributed by atoms with E-state index in [1.807, 2.05) is 84.9 Å². The van der Waals surface area contributed by atoms with Gasteiger partial charge >= 0.3 is 12.1 Å². The number of carbonyl (C=O) groups is 4. The van der Waals surface area contributed by atoms with Crippen molar-refractivity contribution in [3.8, 4) is 5.75 Å². The van der Waals surface area contributed by atoms with Gasteiger partial charge in [-0.1, -0.05) is 72.8 Å². The number of amides is 3. The maximum atomic E-state index is 14.3.